The van der Waals surface area contributed by atoms with Crippen LogP contribution in [0, 0.1) is 0 Å². The molecule has 0 aliphatic rings. The molecule has 0 saturated carbocycles. The van der Waals surface area contributed by atoms with Crippen LogP contribution in [0.3, 0.4) is 0 Å². The van der Waals surface area contributed by atoms with Crippen LogP contribution in [0.2, 0.25) is 0 Å². The Kier molecular flexibility index (Phi) is 3.40. The van der Waals surface area contributed by atoms with E-state index in [1.807, 2.05) is 17.5 Å². The van der Waals surface area contributed by atoms with Crippen LogP contribution in [-0.2, 0) is 5.41 Å². The molecule has 4 heteroatoms. The van der Waals surface area contributed by atoms with Crippen molar-refractivity contribution in [3.8, 4) is 0 Å². The van der Waals surface area contributed by atoms with Crippen molar-refractivity contribution in [1.82, 2.24) is 4.98 Å². The molecule has 0 fully saturated rings. The third kappa shape index (κ3) is 2.39. The number of thiazole rings is 1. The van der Waals surface area contributed by atoms with Crippen molar-refractivity contribution in [2.75, 3.05) is 0 Å². The van der Waals surface area contributed by atoms with Crippen LogP contribution in [0.25, 0.3) is 10.1 Å². The van der Waals surface area contributed by atoms with E-state index in [0.717, 1.165) is 21.0 Å². The van der Waals surface area contributed by atoms with Gasteiger partial charge in [0.15, 0.2) is 0 Å². The lowest BCUT2D eigenvalue weighted by atomic mass is 9.98. The minimum Gasteiger partial charge on any atom is -0.382 e. The van der Waals surface area contributed by atoms with Crippen LogP contribution in [0.4, 0.5) is 0 Å². The van der Waals surface area contributed by atoms with Gasteiger partial charge in [-0.25, -0.2) is 4.98 Å². The summed E-state index contributed by atoms with van der Waals surface area (Å²) in [6.07, 6.45) is -0.648. The molecule has 2 aromatic heterocycles. The smallest absolute Gasteiger partial charge is 0.123 e. The number of hydrogen-bond donors (Lipinski definition) is 1. The molecule has 3 aromatic rings. The Hall–Kier alpha value is -1.23. The zero-order valence-corrected chi connectivity index (χ0v) is 13.4. The van der Waals surface area contributed by atoms with Gasteiger partial charge in [-0.15, -0.1) is 22.7 Å². The molecule has 1 unspecified atom stereocenters. The van der Waals surface area contributed by atoms with Crippen LogP contribution < -0.4 is 0 Å². The number of aliphatic hydroxyl groups excluding tert-OH is 1. The average molecular weight is 303 g/mol. The van der Waals surface area contributed by atoms with Gasteiger partial charge >= 0.3 is 0 Å². The molecule has 20 heavy (non-hydrogen) atoms. The minimum atomic E-state index is -0.648. The van der Waals surface area contributed by atoms with E-state index in [1.165, 1.54) is 5.39 Å². The van der Waals surface area contributed by atoms with Crippen molar-refractivity contribution >= 4 is 32.8 Å². The molecular formula is C16H17NOS2. The Morgan fingerprint density at radius 1 is 1.15 bits per heavy atom. The average Bonchev–Trinajstić information content (AvgIpc) is 3.05. The van der Waals surface area contributed by atoms with Gasteiger partial charge in [-0.2, -0.15) is 0 Å². The summed E-state index contributed by atoms with van der Waals surface area (Å²) < 4.78 is 1.14. The fourth-order valence-corrected chi connectivity index (χ4v) is 4.01. The van der Waals surface area contributed by atoms with E-state index in [2.05, 4.69) is 43.3 Å². The van der Waals surface area contributed by atoms with E-state index in [4.69, 9.17) is 0 Å². The number of hydrogen-bond acceptors (Lipinski definition) is 4. The van der Waals surface area contributed by atoms with E-state index in [9.17, 15) is 5.11 Å². The van der Waals surface area contributed by atoms with E-state index in [-0.39, 0.29) is 5.41 Å². The minimum absolute atomic E-state index is 0.0254. The van der Waals surface area contributed by atoms with Gasteiger partial charge in [0.25, 0.3) is 0 Å². The lowest BCUT2D eigenvalue weighted by molar-refractivity contribution is 0.217. The SMILES string of the molecule is CC(C)(C)c1nc(C(O)c2cccc3ccsc23)cs1. The van der Waals surface area contributed by atoms with Crippen molar-refractivity contribution in [3.63, 3.8) is 0 Å². The largest absolute Gasteiger partial charge is 0.382 e. The number of benzene rings is 1. The topological polar surface area (TPSA) is 33.1 Å². The molecule has 0 radical (unpaired) electrons. The third-order valence-electron chi connectivity index (χ3n) is 3.25. The molecule has 0 aliphatic heterocycles. The predicted molar refractivity (Wildman–Crippen MR) is 86.7 cm³/mol. The summed E-state index contributed by atoms with van der Waals surface area (Å²) in [5, 5.41) is 16.9. The summed E-state index contributed by atoms with van der Waals surface area (Å²) in [6.45, 7) is 6.42. The van der Waals surface area contributed by atoms with Crippen LogP contribution in [0.15, 0.2) is 35.0 Å². The van der Waals surface area contributed by atoms with E-state index in [0.29, 0.717) is 0 Å². The van der Waals surface area contributed by atoms with Crippen LogP contribution in [0.1, 0.15) is 43.1 Å². The van der Waals surface area contributed by atoms with Crippen LogP contribution in [0.5, 0.6) is 0 Å². The molecule has 104 valence electrons. The van der Waals surface area contributed by atoms with Crippen molar-refractivity contribution in [3.05, 3.63) is 51.3 Å². The quantitative estimate of drug-likeness (QED) is 0.742. The van der Waals surface area contributed by atoms with Gasteiger partial charge in [-0.05, 0) is 16.8 Å². The van der Waals surface area contributed by atoms with Gasteiger partial charge in [0.2, 0.25) is 0 Å². The fraction of sp³-hybridized carbons (Fsp3) is 0.312. The van der Waals surface area contributed by atoms with Gasteiger partial charge in [-0.3, -0.25) is 0 Å². The molecular weight excluding hydrogens is 286 g/mol. The zero-order valence-electron chi connectivity index (χ0n) is 11.8. The molecule has 0 amide bonds. The molecule has 1 atom stereocenters. The Balaban J connectivity index is 2.02. The van der Waals surface area contributed by atoms with Crippen LogP contribution >= 0.6 is 22.7 Å². The van der Waals surface area contributed by atoms with Crippen molar-refractivity contribution in [2.45, 2.75) is 32.3 Å². The summed E-state index contributed by atoms with van der Waals surface area (Å²) in [7, 11) is 0. The van der Waals surface area contributed by atoms with E-state index in [1.54, 1.807) is 22.7 Å². The lowest BCUT2D eigenvalue weighted by Crippen LogP contribution is -2.11. The first kappa shape index (κ1) is 13.7. The predicted octanol–water partition coefficient (Wildman–Crippen LogP) is 4.74. The van der Waals surface area contributed by atoms with Gasteiger partial charge in [0.1, 0.15) is 6.10 Å². The highest BCUT2D eigenvalue weighted by atomic mass is 32.1. The Morgan fingerprint density at radius 3 is 2.65 bits per heavy atom. The molecule has 0 saturated heterocycles. The Labute approximate surface area is 126 Å². The molecule has 3 rings (SSSR count). The maximum Gasteiger partial charge on any atom is 0.123 e. The van der Waals surface area contributed by atoms with Gasteiger partial charge in [0, 0.05) is 21.1 Å². The van der Waals surface area contributed by atoms with Crippen molar-refractivity contribution in [1.29, 1.82) is 0 Å². The first-order valence-electron chi connectivity index (χ1n) is 6.57. The molecule has 0 bridgehead atoms. The number of nitrogens with zero attached hydrogens (tertiary/aromatic N) is 1. The highest BCUT2D eigenvalue weighted by Gasteiger charge is 2.22. The molecule has 0 aliphatic carbocycles. The summed E-state index contributed by atoms with van der Waals surface area (Å²) in [5.74, 6) is 0. The molecule has 0 spiro atoms. The van der Waals surface area contributed by atoms with Gasteiger partial charge in [-0.1, -0.05) is 39.0 Å². The summed E-state index contributed by atoms with van der Waals surface area (Å²) in [4.78, 5) is 4.62. The van der Waals surface area contributed by atoms with E-state index >= 15 is 0 Å². The Bertz CT molecular complexity index is 736. The van der Waals surface area contributed by atoms with Crippen molar-refractivity contribution < 1.29 is 5.11 Å². The number of aromatic nitrogens is 1. The van der Waals surface area contributed by atoms with Crippen molar-refractivity contribution in [2.24, 2.45) is 0 Å². The fourth-order valence-electron chi connectivity index (χ4n) is 2.15. The van der Waals surface area contributed by atoms with Gasteiger partial charge in [0.05, 0.1) is 10.7 Å². The first-order chi connectivity index (χ1) is 9.47. The van der Waals surface area contributed by atoms with Gasteiger partial charge < -0.3 is 5.11 Å². The Morgan fingerprint density at radius 2 is 1.95 bits per heavy atom. The molecule has 2 nitrogen and oxygen atoms in total. The summed E-state index contributed by atoms with van der Waals surface area (Å²) >= 11 is 3.28. The number of fused-ring (bicyclic) bond motifs is 1. The molecule has 2 heterocycles. The standard InChI is InChI=1S/C16H17NOS2/c1-16(2,3)15-17-12(9-20-15)13(18)11-6-4-5-10-7-8-19-14(10)11/h4-9,13,18H,1-3H3. The highest BCUT2D eigenvalue weighted by Crippen LogP contribution is 2.34. The number of aliphatic hydroxyl groups is 1. The second-order valence-corrected chi connectivity index (χ2v) is 7.69. The van der Waals surface area contributed by atoms with E-state index < -0.39 is 6.10 Å². The highest BCUT2D eigenvalue weighted by molar-refractivity contribution is 7.17. The number of thiophene rings is 1. The summed E-state index contributed by atoms with van der Waals surface area (Å²) in [5.41, 5.74) is 1.72. The molecule has 1 N–H and O–H groups in total. The normalized spacial score (nSPS) is 13.8. The summed E-state index contributed by atoms with van der Waals surface area (Å²) in [6, 6.07) is 8.13. The monoisotopic (exact) mass is 303 g/mol. The maximum absolute atomic E-state index is 10.6. The third-order valence-corrected chi connectivity index (χ3v) is 5.51. The zero-order chi connectivity index (χ0) is 14.3. The van der Waals surface area contributed by atoms with Crippen LogP contribution in [-0.4, -0.2) is 10.1 Å². The second-order valence-electron chi connectivity index (χ2n) is 5.92. The lowest BCUT2D eigenvalue weighted by Gasteiger charge is -2.14. The first-order valence-corrected chi connectivity index (χ1v) is 8.33. The number of rotatable bonds is 2. The maximum atomic E-state index is 10.6. The molecule has 1 aromatic carbocycles. The second kappa shape index (κ2) is 4.95.